The van der Waals surface area contributed by atoms with Crippen molar-refractivity contribution in [3.05, 3.63) is 53.6 Å². The number of amides is 2. The van der Waals surface area contributed by atoms with E-state index in [0.717, 1.165) is 16.8 Å². The van der Waals surface area contributed by atoms with Gasteiger partial charge in [0.05, 0.1) is 18.9 Å². The van der Waals surface area contributed by atoms with Gasteiger partial charge in [0.2, 0.25) is 11.8 Å². The van der Waals surface area contributed by atoms with Gasteiger partial charge in [0.15, 0.2) is 0 Å². The van der Waals surface area contributed by atoms with Crippen LogP contribution in [0.3, 0.4) is 0 Å². The maximum Gasteiger partial charge on any atom is 0.303 e. The van der Waals surface area contributed by atoms with Gasteiger partial charge >= 0.3 is 5.97 Å². The predicted molar refractivity (Wildman–Crippen MR) is 109 cm³/mol. The van der Waals surface area contributed by atoms with Crippen LogP contribution in [-0.2, 0) is 19.8 Å². The number of carboxylic acid groups (broad SMARTS) is 1. The molecule has 0 fully saturated rings. The average molecular weight is 396 g/mol. The summed E-state index contributed by atoms with van der Waals surface area (Å²) >= 11 is 0. The van der Waals surface area contributed by atoms with Gasteiger partial charge in [-0.1, -0.05) is 12.1 Å². The Balaban J connectivity index is 1.74. The molecule has 0 saturated carbocycles. The molecule has 1 aliphatic heterocycles. The SMILES string of the molecule is COc1ccc(C(CC(=O)O)CC(=O)Nc2ccc3c(c2)C(C)(C)C(=O)N3)cc1. The van der Waals surface area contributed by atoms with Crippen LogP contribution in [0.1, 0.15) is 43.7 Å². The van der Waals surface area contributed by atoms with Crippen molar-refractivity contribution in [2.75, 3.05) is 17.7 Å². The summed E-state index contributed by atoms with van der Waals surface area (Å²) in [5.74, 6) is -1.15. The largest absolute Gasteiger partial charge is 0.497 e. The van der Waals surface area contributed by atoms with Crippen LogP contribution in [0.2, 0.25) is 0 Å². The number of aliphatic carboxylic acids is 1. The van der Waals surface area contributed by atoms with Crippen LogP contribution >= 0.6 is 0 Å². The minimum Gasteiger partial charge on any atom is -0.497 e. The number of anilines is 2. The lowest BCUT2D eigenvalue weighted by Crippen LogP contribution is -2.27. The minimum absolute atomic E-state index is 0.0241. The summed E-state index contributed by atoms with van der Waals surface area (Å²) in [5, 5.41) is 14.9. The van der Waals surface area contributed by atoms with E-state index in [1.165, 1.54) is 0 Å². The second kappa shape index (κ2) is 7.95. The Morgan fingerprint density at radius 2 is 1.83 bits per heavy atom. The van der Waals surface area contributed by atoms with E-state index >= 15 is 0 Å². The third-order valence-electron chi connectivity index (χ3n) is 5.23. The quantitative estimate of drug-likeness (QED) is 0.664. The molecule has 3 N–H and O–H groups in total. The number of nitrogens with one attached hydrogen (secondary N) is 2. The van der Waals surface area contributed by atoms with Crippen LogP contribution in [0.15, 0.2) is 42.5 Å². The summed E-state index contributed by atoms with van der Waals surface area (Å²) in [6.07, 6.45) is -0.133. The van der Waals surface area contributed by atoms with Gasteiger partial charge in [-0.3, -0.25) is 14.4 Å². The Labute approximate surface area is 169 Å². The third kappa shape index (κ3) is 4.39. The molecule has 0 spiro atoms. The first-order chi connectivity index (χ1) is 13.7. The molecule has 0 saturated heterocycles. The molecule has 0 radical (unpaired) electrons. The summed E-state index contributed by atoms with van der Waals surface area (Å²) in [7, 11) is 1.55. The molecule has 2 aromatic rings. The highest BCUT2D eigenvalue weighted by molar-refractivity contribution is 6.06. The lowest BCUT2D eigenvalue weighted by Gasteiger charge is -2.18. The summed E-state index contributed by atoms with van der Waals surface area (Å²) < 4.78 is 5.13. The van der Waals surface area contributed by atoms with Crippen LogP contribution in [-0.4, -0.2) is 30.0 Å². The topological polar surface area (TPSA) is 105 Å². The highest BCUT2D eigenvalue weighted by Gasteiger charge is 2.38. The number of hydrogen-bond acceptors (Lipinski definition) is 4. The first-order valence-corrected chi connectivity index (χ1v) is 9.32. The predicted octanol–water partition coefficient (Wildman–Crippen LogP) is 3.51. The molecular weight excluding hydrogens is 372 g/mol. The third-order valence-corrected chi connectivity index (χ3v) is 5.23. The molecule has 2 amide bonds. The standard InChI is InChI=1S/C22H24N2O5/c1-22(2)17-12-15(6-9-18(17)24-21(22)28)23-19(25)10-14(11-20(26)27)13-4-7-16(29-3)8-5-13/h4-9,12,14H,10-11H2,1-3H3,(H,23,25)(H,24,28)(H,26,27). The molecule has 1 atom stereocenters. The zero-order valence-corrected chi connectivity index (χ0v) is 16.6. The fraction of sp³-hybridized carbons (Fsp3) is 0.318. The normalized spacial score (nSPS) is 15.2. The van der Waals surface area contributed by atoms with Crippen LogP contribution in [0.25, 0.3) is 0 Å². The number of carbonyl (C=O) groups is 3. The van der Waals surface area contributed by atoms with Crippen LogP contribution in [0.4, 0.5) is 11.4 Å². The van der Waals surface area contributed by atoms with Gasteiger partial charge in [-0.25, -0.2) is 0 Å². The molecule has 152 valence electrons. The Hall–Kier alpha value is -3.35. The minimum atomic E-state index is -0.970. The van der Waals surface area contributed by atoms with Gasteiger partial charge in [-0.15, -0.1) is 0 Å². The fourth-order valence-corrected chi connectivity index (χ4v) is 3.48. The van der Waals surface area contributed by atoms with Crippen molar-refractivity contribution in [2.24, 2.45) is 0 Å². The molecule has 1 unspecified atom stereocenters. The second-order valence-electron chi connectivity index (χ2n) is 7.66. The zero-order valence-electron chi connectivity index (χ0n) is 16.6. The fourth-order valence-electron chi connectivity index (χ4n) is 3.48. The van der Waals surface area contributed by atoms with Gasteiger partial charge in [0.25, 0.3) is 0 Å². The van der Waals surface area contributed by atoms with Crippen molar-refractivity contribution >= 4 is 29.2 Å². The highest BCUT2D eigenvalue weighted by Crippen LogP contribution is 2.38. The molecular formula is C22H24N2O5. The van der Waals surface area contributed by atoms with Crippen LogP contribution in [0.5, 0.6) is 5.75 Å². The Morgan fingerprint density at radius 1 is 1.14 bits per heavy atom. The maximum absolute atomic E-state index is 12.6. The van der Waals surface area contributed by atoms with E-state index < -0.39 is 17.3 Å². The maximum atomic E-state index is 12.6. The Kier molecular flexibility index (Phi) is 5.59. The first-order valence-electron chi connectivity index (χ1n) is 9.32. The Morgan fingerprint density at radius 3 is 2.45 bits per heavy atom. The second-order valence-corrected chi connectivity index (χ2v) is 7.66. The van der Waals surface area contributed by atoms with Crippen molar-refractivity contribution < 1.29 is 24.2 Å². The summed E-state index contributed by atoms with van der Waals surface area (Å²) in [5.41, 5.74) is 2.21. The van der Waals surface area contributed by atoms with E-state index in [-0.39, 0.29) is 24.7 Å². The summed E-state index contributed by atoms with van der Waals surface area (Å²) in [4.78, 5) is 36.0. The van der Waals surface area contributed by atoms with Gasteiger partial charge in [-0.2, -0.15) is 0 Å². The number of carbonyl (C=O) groups excluding carboxylic acids is 2. The van der Waals surface area contributed by atoms with E-state index in [1.807, 2.05) is 13.8 Å². The molecule has 7 heteroatoms. The van der Waals surface area contributed by atoms with Crippen LogP contribution < -0.4 is 15.4 Å². The summed E-state index contributed by atoms with van der Waals surface area (Å²) in [6.45, 7) is 3.65. The molecule has 2 aromatic carbocycles. The van der Waals surface area contributed by atoms with E-state index in [1.54, 1.807) is 49.6 Å². The van der Waals surface area contributed by atoms with Gasteiger partial charge < -0.3 is 20.5 Å². The lowest BCUT2D eigenvalue weighted by atomic mass is 9.86. The van der Waals surface area contributed by atoms with Crippen LogP contribution in [0, 0.1) is 0 Å². The van der Waals surface area contributed by atoms with E-state index in [0.29, 0.717) is 11.4 Å². The average Bonchev–Trinajstić information content (AvgIpc) is 2.90. The van der Waals surface area contributed by atoms with E-state index in [4.69, 9.17) is 4.74 Å². The summed E-state index contributed by atoms with van der Waals surface area (Å²) in [6, 6.07) is 12.3. The smallest absolute Gasteiger partial charge is 0.303 e. The molecule has 1 heterocycles. The van der Waals surface area contributed by atoms with Gasteiger partial charge in [-0.05, 0) is 55.3 Å². The van der Waals surface area contributed by atoms with Crippen molar-refractivity contribution in [1.82, 2.24) is 0 Å². The first kappa shape index (κ1) is 20.4. The monoisotopic (exact) mass is 396 g/mol. The molecule has 0 bridgehead atoms. The number of ether oxygens (including phenoxy) is 1. The molecule has 1 aliphatic rings. The van der Waals surface area contributed by atoms with Crippen molar-refractivity contribution in [3.8, 4) is 5.75 Å². The van der Waals surface area contributed by atoms with Gasteiger partial charge in [0, 0.05) is 23.7 Å². The highest BCUT2D eigenvalue weighted by atomic mass is 16.5. The van der Waals surface area contributed by atoms with E-state index in [2.05, 4.69) is 10.6 Å². The number of carboxylic acids is 1. The zero-order chi connectivity index (χ0) is 21.2. The van der Waals surface area contributed by atoms with Gasteiger partial charge in [0.1, 0.15) is 5.75 Å². The van der Waals surface area contributed by atoms with Crippen molar-refractivity contribution in [3.63, 3.8) is 0 Å². The number of fused-ring (bicyclic) bond motifs is 1. The molecule has 0 aromatic heterocycles. The Bertz CT molecular complexity index is 950. The number of hydrogen-bond donors (Lipinski definition) is 3. The lowest BCUT2D eigenvalue weighted by molar-refractivity contribution is -0.137. The molecule has 3 rings (SSSR count). The molecule has 29 heavy (non-hydrogen) atoms. The molecule has 7 nitrogen and oxygen atoms in total. The number of rotatable bonds is 7. The number of benzene rings is 2. The van der Waals surface area contributed by atoms with Crippen molar-refractivity contribution in [2.45, 2.75) is 38.0 Å². The molecule has 0 aliphatic carbocycles. The number of methoxy groups -OCH3 is 1. The van der Waals surface area contributed by atoms with E-state index in [9.17, 15) is 19.5 Å². The van der Waals surface area contributed by atoms with Crippen molar-refractivity contribution in [1.29, 1.82) is 0 Å².